The predicted octanol–water partition coefficient (Wildman–Crippen LogP) is 1.25. The Hall–Kier alpha value is -1.71. The van der Waals surface area contributed by atoms with Crippen molar-refractivity contribution in [2.24, 2.45) is 5.73 Å². The largest absolute Gasteiger partial charge is 0.398 e. The van der Waals surface area contributed by atoms with Gasteiger partial charge in [-0.3, -0.25) is 4.79 Å². The van der Waals surface area contributed by atoms with Gasteiger partial charge in [-0.2, -0.15) is 0 Å². The third-order valence-electron chi connectivity index (χ3n) is 2.20. The average molecular weight is 207 g/mol. The molecule has 1 aromatic rings. The second kappa shape index (κ2) is 4.68. The number of carbonyl (C=O) groups is 1. The molecule has 0 saturated heterocycles. The van der Waals surface area contributed by atoms with Gasteiger partial charge >= 0.3 is 0 Å². The van der Waals surface area contributed by atoms with Crippen molar-refractivity contribution in [1.29, 1.82) is 0 Å². The van der Waals surface area contributed by atoms with Crippen LogP contribution < -0.4 is 16.8 Å². The van der Waals surface area contributed by atoms with Crippen LogP contribution in [0.1, 0.15) is 18.9 Å². The van der Waals surface area contributed by atoms with Crippen molar-refractivity contribution in [3.05, 3.63) is 23.8 Å². The van der Waals surface area contributed by atoms with E-state index < -0.39 is 0 Å². The zero-order valence-corrected chi connectivity index (χ0v) is 9.08. The quantitative estimate of drug-likeness (QED) is 0.650. The standard InChI is InChI=1S/C11H17N3O/c1-7-3-4-9(6-10(7)12)14-8(2)5-11(13)15/h3-4,6,8,14H,5,12H2,1-2H3,(H2,13,15). The van der Waals surface area contributed by atoms with Gasteiger partial charge in [0.2, 0.25) is 5.91 Å². The molecular weight excluding hydrogens is 190 g/mol. The van der Waals surface area contributed by atoms with E-state index in [0.717, 1.165) is 16.9 Å². The van der Waals surface area contributed by atoms with Crippen LogP contribution in [0.3, 0.4) is 0 Å². The third-order valence-corrected chi connectivity index (χ3v) is 2.20. The normalized spacial score (nSPS) is 12.1. The molecule has 0 bridgehead atoms. The molecule has 0 aromatic heterocycles. The Morgan fingerprint density at radius 1 is 1.53 bits per heavy atom. The third kappa shape index (κ3) is 3.50. The Morgan fingerprint density at radius 2 is 2.20 bits per heavy atom. The zero-order chi connectivity index (χ0) is 11.4. The van der Waals surface area contributed by atoms with Crippen LogP contribution in [0.5, 0.6) is 0 Å². The number of nitrogen functional groups attached to an aromatic ring is 1. The molecule has 0 radical (unpaired) electrons. The zero-order valence-electron chi connectivity index (χ0n) is 9.08. The lowest BCUT2D eigenvalue weighted by atomic mass is 10.1. The van der Waals surface area contributed by atoms with Gasteiger partial charge in [0.1, 0.15) is 0 Å². The van der Waals surface area contributed by atoms with Crippen LogP contribution in [0.15, 0.2) is 18.2 Å². The number of hydrogen-bond acceptors (Lipinski definition) is 3. The topological polar surface area (TPSA) is 81.1 Å². The summed E-state index contributed by atoms with van der Waals surface area (Å²) in [6.07, 6.45) is 0.313. The van der Waals surface area contributed by atoms with Crippen LogP contribution in [0.4, 0.5) is 11.4 Å². The highest BCUT2D eigenvalue weighted by molar-refractivity contribution is 5.75. The molecule has 5 N–H and O–H groups in total. The van der Waals surface area contributed by atoms with Crippen molar-refractivity contribution >= 4 is 17.3 Å². The molecule has 1 atom stereocenters. The molecule has 1 rings (SSSR count). The number of rotatable bonds is 4. The molecule has 0 saturated carbocycles. The molecule has 0 heterocycles. The number of hydrogen-bond donors (Lipinski definition) is 3. The summed E-state index contributed by atoms with van der Waals surface area (Å²) in [7, 11) is 0. The SMILES string of the molecule is Cc1ccc(NC(C)CC(N)=O)cc1N. The van der Waals surface area contributed by atoms with Gasteiger partial charge < -0.3 is 16.8 Å². The molecule has 0 fully saturated rings. The Morgan fingerprint density at radius 3 is 2.73 bits per heavy atom. The number of benzene rings is 1. The lowest BCUT2D eigenvalue weighted by Crippen LogP contribution is -2.24. The first-order valence-corrected chi connectivity index (χ1v) is 4.90. The first-order chi connectivity index (χ1) is 6.99. The fraction of sp³-hybridized carbons (Fsp3) is 0.364. The number of aryl methyl sites for hydroxylation is 1. The van der Waals surface area contributed by atoms with E-state index in [1.165, 1.54) is 0 Å². The van der Waals surface area contributed by atoms with Crippen molar-refractivity contribution in [1.82, 2.24) is 0 Å². The van der Waals surface area contributed by atoms with Gasteiger partial charge in [-0.1, -0.05) is 6.07 Å². The van der Waals surface area contributed by atoms with E-state index in [1.807, 2.05) is 32.0 Å². The van der Waals surface area contributed by atoms with E-state index in [9.17, 15) is 4.79 Å². The molecule has 82 valence electrons. The molecule has 0 aliphatic rings. The number of nitrogens with two attached hydrogens (primary N) is 2. The molecule has 1 unspecified atom stereocenters. The molecular formula is C11H17N3O. The first kappa shape index (κ1) is 11.4. The molecule has 15 heavy (non-hydrogen) atoms. The summed E-state index contributed by atoms with van der Waals surface area (Å²) in [5.41, 5.74) is 13.6. The van der Waals surface area contributed by atoms with Crippen LogP contribution >= 0.6 is 0 Å². The molecule has 1 amide bonds. The van der Waals surface area contributed by atoms with E-state index in [4.69, 9.17) is 11.5 Å². The summed E-state index contributed by atoms with van der Waals surface area (Å²) in [5.74, 6) is -0.310. The van der Waals surface area contributed by atoms with Gasteiger partial charge in [0.25, 0.3) is 0 Å². The van der Waals surface area contributed by atoms with Gasteiger partial charge in [0.05, 0.1) is 0 Å². The minimum Gasteiger partial charge on any atom is -0.398 e. The molecule has 4 nitrogen and oxygen atoms in total. The summed E-state index contributed by atoms with van der Waals surface area (Å²) in [6.45, 7) is 3.85. The summed E-state index contributed by atoms with van der Waals surface area (Å²) >= 11 is 0. The van der Waals surface area contributed by atoms with E-state index in [1.54, 1.807) is 0 Å². The molecule has 0 spiro atoms. The van der Waals surface area contributed by atoms with E-state index in [-0.39, 0.29) is 11.9 Å². The van der Waals surface area contributed by atoms with Crippen LogP contribution in [0, 0.1) is 6.92 Å². The lowest BCUT2D eigenvalue weighted by Gasteiger charge is -2.14. The smallest absolute Gasteiger partial charge is 0.219 e. The van der Waals surface area contributed by atoms with Crippen molar-refractivity contribution in [2.75, 3.05) is 11.1 Å². The number of carbonyl (C=O) groups excluding carboxylic acids is 1. The fourth-order valence-electron chi connectivity index (χ4n) is 1.37. The summed E-state index contributed by atoms with van der Waals surface area (Å²) in [5, 5.41) is 3.16. The maximum absolute atomic E-state index is 10.7. The minimum absolute atomic E-state index is 0.0182. The summed E-state index contributed by atoms with van der Waals surface area (Å²) < 4.78 is 0. The fourth-order valence-corrected chi connectivity index (χ4v) is 1.37. The Kier molecular flexibility index (Phi) is 3.55. The van der Waals surface area contributed by atoms with E-state index in [0.29, 0.717) is 6.42 Å². The van der Waals surface area contributed by atoms with Crippen LogP contribution in [-0.4, -0.2) is 11.9 Å². The van der Waals surface area contributed by atoms with Crippen LogP contribution in [-0.2, 0) is 4.79 Å². The monoisotopic (exact) mass is 207 g/mol. The van der Waals surface area contributed by atoms with Crippen molar-refractivity contribution in [3.8, 4) is 0 Å². The Bertz CT molecular complexity index is 363. The minimum atomic E-state index is -0.310. The average Bonchev–Trinajstić information content (AvgIpc) is 2.10. The van der Waals surface area contributed by atoms with Crippen molar-refractivity contribution in [3.63, 3.8) is 0 Å². The summed E-state index contributed by atoms with van der Waals surface area (Å²) in [6, 6.07) is 5.75. The van der Waals surface area contributed by atoms with Crippen LogP contribution in [0.2, 0.25) is 0 Å². The lowest BCUT2D eigenvalue weighted by molar-refractivity contribution is -0.118. The Labute approximate surface area is 89.6 Å². The number of amides is 1. The maximum atomic E-state index is 10.7. The van der Waals surface area contributed by atoms with Gasteiger partial charge in [0, 0.05) is 23.8 Å². The van der Waals surface area contributed by atoms with E-state index >= 15 is 0 Å². The molecule has 0 aliphatic heterocycles. The maximum Gasteiger partial charge on any atom is 0.219 e. The number of primary amides is 1. The van der Waals surface area contributed by atoms with Crippen LogP contribution in [0.25, 0.3) is 0 Å². The predicted molar refractivity (Wildman–Crippen MR) is 62.5 cm³/mol. The Balaban J connectivity index is 2.64. The molecule has 4 heteroatoms. The van der Waals surface area contributed by atoms with Gasteiger partial charge in [-0.15, -0.1) is 0 Å². The van der Waals surface area contributed by atoms with Crippen molar-refractivity contribution in [2.45, 2.75) is 26.3 Å². The highest BCUT2D eigenvalue weighted by Crippen LogP contribution is 2.17. The summed E-state index contributed by atoms with van der Waals surface area (Å²) in [4.78, 5) is 10.7. The highest BCUT2D eigenvalue weighted by Gasteiger charge is 2.05. The highest BCUT2D eigenvalue weighted by atomic mass is 16.1. The van der Waals surface area contributed by atoms with Gasteiger partial charge in [-0.25, -0.2) is 0 Å². The first-order valence-electron chi connectivity index (χ1n) is 4.90. The van der Waals surface area contributed by atoms with Crippen molar-refractivity contribution < 1.29 is 4.79 Å². The number of nitrogens with one attached hydrogen (secondary N) is 1. The second-order valence-corrected chi connectivity index (χ2v) is 3.79. The van der Waals surface area contributed by atoms with Gasteiger partial charge in [0.15, 0.2) is 0 Å². The molecule has 0 aliphatic carbocycles. The number of anilines is 2. The second-order valence-electron chi connectivity index (χ2n) is 3.79. The van der Waals surface area contributed by atoms with Gasteiger partial charge in [-0.05, 0) is 31.5 Å². The van der Waals surface area contributed by atoms with E-state index in [2.05, 4.69) is 5.32 Å². The molecule has 1 aromatic carbocycles.